The Kier molecular flexibility index (Phi) is 2.91. The minimum Gasteiger partial charge on any atom is -0.382 e. The summed E-state index contributed by atoms with van der Waals surface area (Å²) >= 11 is 3.11. The average Bonchev–Trinajstić information content (AvgIpc) is 2.64. The molecule has 6 heteroatoms. The number of H-pyrrole nitrogens is 1. The largest absolute Gasteiger partial charge is 0.382 e. The predicted octanol–water partition coefficient (Wildman–Crippen LogP) is 3.36. The first-order chi connectivity index (χ1) is 7.58. The lowest BCUT2D eigenvalue weighted by Gasteiger charge is -2.04. The number of rotatable bonds is 2. The summed E-state index contributed by atoms with van der Waals surface area (Å²) in [4.78, 5) is 0. The molecule has 0 saturated heterocycles. The number of aromatic amines is 1. The van der Waals surface area contributed by atoms with Gasteiger partial charge in [0.2, 0.25) is 0 Å². The number of anilines is 1. The standard InChI is InChI=1S/C10H8BrF2N3/c11-7-3-5(1-2-6(7)10(12)13)8-4-9(14)16-15-8/h1-4,10H,(H3,14,15,16). The summed E-state index contributed by atoms with van der Waals surface area (Å²) in [7, 11) is 0. The zero-order valence-corrected chi connectivity index (χ0v) is 9.63. The van der Waals surface area contributed by atoms with Crippen LogP contribution in [0, 0.1) is 0 Å². The fourth-order valence-corrected chi connectivity index (χ4v) is 1.91. The summed E-state index contributed by atoms with van der Waals surface area (Å²) in [6.07, 6.45) is -2.49. The highest BCUT2D eigenvalue weighted by Crippen LogP contribution is 2.31. The first kappa shape index (κ1) is 11.1. The summed E-state index contributed by atoms with van der Waals surface area (Å²) in [5.41, 5.74) is 6.87. The van der Waals surface area contributed by atoms with E-state index >= 15 is 0 Å². The first-order valence-corrected chi connectivity index (χ1v) is 5.26. The van der Waals surface area contributed by atoms with E-state index in [4.69, 9.17) is 5.73 Å². The van der Waals surface area contributed by atoms with Gasteiger partial charge in [0.25, 0.3) is 6.43 Å². The molecule has 0 radical (unpaired) electrons. The zero-order valence-electron chi connectivity index (χ0n) is 8.05. The molecule has 0 aliphatic heterocycles. The monoisotopic (exact) mass is 287 g/mol. The molecule has 1 aromatic carbocycles. The molecule has 16 heavy (non-hydrogen) atoms. The van der Waals surface area contributed by atoms with Gasteiger partial charge in [0.15, 0.2) is 0 Å². The van der Waals surface area contributed by atoms with Crippen LogP contribution in [-0.2, 0) is 0 Å². The minimum atomic E-state index is -2.49. The third kappa shape index (κ3) is 2.06. The zero-order chi connectivity index (χ0) is 11.7. The van der Waals surface area contributed by atoms with E-state index in [2.05, 4.69) is 26.1 Å². The molecule has 3 N–H and O–H groups in total. The Morgan fingerprint density at radius 1 is 1.31 bits per heavy atom. The number of benzene rings is 1. The van der Waals surface area contributed by atoms with E-state index in [1.54, 1.807) is 18.2 Å². The number of nitrogens with zero attached hydrogens (tertiary/aromatic N) is 1. The summed E-state index contributed by atoms with van der Waals surface area (Å²) in [6, 6.07) is 6.22. The van der Waals surface area contributed by atoms with Gasteiger partial charge >= 0.3 is 0 Å². The van der Waals surface area contributed by atoms with Crippen molar-refractivity contribution in [2.75, 3.05) is 5.73 Å². The van der Waals surface area contributed by atoms with Gasteiger partial charge in [-0.25, -0.2) is 8.78 Å². The molecule has 0 amide bonds. The molecule has 2 rings (SSSR count). The van der Waals surface area contributed by atoms with Gasteiger partial charge in [-0.1, -0.05) is 28.1 Å². The lowest BCUT2D eigenvalue weighted by atomic mass is 10.1. The van der Waals surface area contributed by atoms with Crippen molar-refractivity contribution in [2.45, 2.75) is 6.43 Å². The SMILES string of the molecule is Nc1cc(-c2ccc(C(F)F)c(Br)c2)[nH]n1. The molecule has 0 aliphatic rings. The highest BCUT2D eigenvalue weighted by Gasteiger charge is 2.12. The van der Waals surface area contributed by atoms with Crippen LogP contribution in [0.15, 0.2) is 28.7 Å². The molecule has 1 heterocycles. The molecule has 0 saturated carbocycles. The van der Waals surface area contributed by atoms with Crippen molar-refractivity contribution in [3.63, 3.8) is 0 Å². The maximum atomic E-state index is 12.5. The molecule has 0 spiro atoms. The van der Waals surface area contributed by atoms with Gasteiger partial charge in [-0.15, -0.1) is 0 Å². The highest BCUT2D eigenvalue weighted by molar-refractivity contribution is 9.10. The third-order valence-electron chi connectivity index (χ3n) is 2.14. The van der Waals surface area contributed by atoms with Gasteiger partial charge < -0.3 is 5.73 Å². The van der Waals surface area contributed by atoms with E-state index in [0.717, 1.165) is 5.56 Å². The molecular weight excluding hydrogens is 280 g/mol. The van der Waals surface area contributed by atoms with E-state index in [9.17, 15) is 8.78 Å². The number of nitrogens with one attached hydrogen (secondary N) is 1. The number of alkyl halides is 2. The number of aromatic nitrogens is 2. The van der Waals surface area contributed by atoms with Crippen LogP contribution in [0.3, 0.4) is 0 Å². The number of halogens is 3. The molecule has 0 atom stereocenters. The Labute approximate surface area is 98.8 Å². The van der Waals surface area contributed by atoms with Crippen LogP contribution in [0.2, 0.25) is 0 Å². The smallest absolute Gasteiger partial charge is 0.264 e. The van der Waals surface area contributed by atoms with Crippen LogP contribution in [-0.4, -0.2) is 10.2 Å². The van der Waals surface area contributed by atoms with Crippen molar-refractivity contribution in [1.29, 1.82) is 0 Å². The second-order valence-electron chi connectivity index (χ2n) is 3.24. The van der Waals surface area contributed by atoms with Gasteiger partial charge in [-0.05, 0) is 6.07 Å². The first-order valence-electron chi connectivity index (χ1n) is 4.47. The number of hydrogen-bond donors (Lipinski definition) is 2. The van der Waals surface area contributed by atoms with Gasteiger partial charge in [0, 0.05) is 21.7 Å². The van der Waals surface area contributed by atoms with Crippen molar-refractivity contribution in [3.8, 4) is 11.3 Å². The van der Waals surface area contributed by atoms with Crippen molar-refractivity contribution < 1.29 is 8.78 Å². The fourth-order valence-electron chi connectivity index (χ4n) is 1.36. The van der Waals surface area contributed by atoms with E-state index in [-0.39, 0.29) is 5.56 Å². The lowest BCUT2D eigenvalue weighted by molar-refractivity contribution is 0.150. The predicted molar refractivity (Wildman–Crippen MR) is 61.1 cm³/mol. The summed E-state index contributed by atoms with van der Waals surface area (Å²) in [6.45, 7) is 0. The third-order valence-corrected chi connectivity index (χ3v) is 2.83. The van der Waals surface area contributed by atoms with Gasteiger partial charge in [-0.2, -0.15) is 5.10 Å². The van der Waals surface area contributed by atoms with Crippen molar-refractivity contribution in [1.82, 2.24) is 10.2 Å². The molecule has 84 valence electrons. The molecule has 0 aliphatic carbocycles. The van der Waals surface area contributed by atoms with Crippen molar-refractivity contribution in [2.24, 2.45) is 0 Å². The van der Waals surface area contributed by atoms with Crippen LogP contribution in [0.4, 0.5) is 14.6 Å². The summed E-state index contributed by atoms with van der Waals surface area (Å²) < 4.78 is 25.4. The second kappa shape index (κ2) is 4.21. The van der Waals surface area contributed by atoms with Crippen LogP contribution in [0.25, 0.3) is 11.3 Å². The fraction of sp³-hybridized carbons (Fsp3) is 0.100. The highest BCUT2D eigenvalue weighted by atomic mass is 79.9. The topological polar surface area (TPSA) is 54.7 Å². The Balaban J connectivity index is 2.42. The van der Waals surface area contributed by atoms with E-state index in [0.29, 0.717) is 16.0 Å². The van der Waals surface area contributed by atoms with Gasteiger partial charge in [-0.3, -0.25) is 5.10 Å². The Bertz CT molecular complexity index is 511. The molecule has 0 bridgehead atoms. The molecule has 2 aromatic rings. The Morgan fingerprint density at radius 3 is 2.56 bits per heavy atom. The second-order valence-corrected chi connectivity index (χ2v) is 4.10. The van der Waals surface area contributed by atoms with Crippen LogP contribution in [0.5, 0.6) is 0 Å². The molecule has 0 fully saturated rings. The minimum absolute atomic E-state index is 0.0313. The molecule has 1 aromatic heterocycles. The normalized spacial score (nSPS) is 11.0. The van der Waals surface area contributed by atoms with Gasteiger partial charge in [0.1, 0.15) is 5.82 Å². The van der Waals surface area contributed by atoms with Crippen molar-refractivity contribution in [3.05, 3.63) is 34.3 Å². The van der Waals surface area contributed by atoms with E-state index < -0.39 is 6.43 Å². The van der Waals surface area contributed by atoms with Gasteiger partial charge in [0.05, 0.1) is 5.69 Å². The number of hydrogen-bond acceptors (Lipinski definition) is 2. The maximum Gasteiger partial charge on any atom is 0.264 e. The Morgan fingerprint density at radius 2 is 2.06 bits per heavy atom. The number of nitrogens with two attached hydrogens (primary N) is 1. The quantitative estimate of drug-likeness (QED) is 0.890. The maximum absolute atomic E-state index is 12.5. The van der Waals surface area contributed by atoms with E-state index in [1.807, 2.05) is 0 Å². The summed E-state index contributed by atoms with van der Waals surface area (Å²) in [5, 5.41) is 6.48. The van der Waals surface area contributed by atoms with Crippen LogP contribution >= 0.6 is 15.9 Å². The van der Waals surface area contributed by atoms with Crippen LogP contribution in [0.1, 0.15) is 12.0 Å². The Hall–Kier alpha value is -1.43. The molecule has 3 nitrogen and oxygen atoms in total. The molecular formula is C10H8BrF2N3. The summed E-state index contributed by atoms with van der Waals surface area (Å²) in [5.74, 6) is 0.365. The van der Waals surface area contributed by atoms with E-state index in [1.165, 1.54) is 6.07 Å². The van der Waals surface area contributed by atoms with Crippen molar-refractivity contribution >= 4 is 21.7 Å². The average molecular weight is 288 g/mol. The van der Waals surface area contributed by atoms with Crippen LogP contribution < -0.4 is 5.73 Å². The number of nitrogen functional groups attached to an aromatic ring is 1. The lowest BCUT2D eigenvalue weighted by Crippen LogP contribution is -1.87. The molecule has 0 unspecified atom stereocenters.